The van der Waals surface area contributed by atoms with Gasteiger partial charge < -0.3 is 15.4 Å². The average molecular weight is 298 g/mol. The van der Waals surface area contributed by atoms with Crippen LogP contribution in [0.2, 0.25) is 0 Å². The molecule has 90 valence electrons. The summed E-state index contributed by atoms with van der Waals surface area (Å²) in [6, 6.07) is 5.81. The van der Waals surface area contributed by atoms with Crippen molar-refractivity contribution in [1.82, 2.24) is 10.1 Å². The van der Waals surface area contributed by atoms with Gasteiger partial charge in [-0.2, -0.15) is 4.98 Å². The van der Waals surface area contributed by atoms with E-state index < -0.39 is 6.10 Å². The molecule has 17 heavy (non-hydrogen) atoms. The lowest BCUT2D eigenvalue weighted by molar-refractivity contribution is 0.141. The normalized spacial score (nSPS) is 12.7. The number of hydrogen-bond donors (Lipinski definition) is 2. The van der Waals surface area contributed by atoms with Crippen LogP contribution in [-0.2, 0) is 0 Å². The number of nitrogens with zero attached hydrogens (tertiary/aromatic N) is 2. The Labute approximate surface area is 107 Å². The van der Waals surface area contributed by atoms with E-state index in [9.17, 15) is 5.11 Å². The molecule has 0 aliphatic heterocycles. The molecule has 0 aliphatic carbocycles. The van der Waals surface area contributed by atoms with E-state index in [1.807, 2.05) is 25.1 Å². The van der Waals surface area contributed by atoms with Gasteiger partial charge in [0.1, 0.15) is 6.10 Å². The Morgan fingerprint density at radius 3 is 2.94 bits per heavy atom. The van der Waals surface area contributed by atoms with E-state index in [1.165, 1.54) is 0 Å². The summed E-state index contributed by atoms with van der Waals surface area (Å²) in [5, 5.41) is 13.3. The molecule has 5 nitrogen and oxygen atoms in total. The van der Waals surface area contributed by atoms with Crippen molar-refractivity contribution in [2.75, 3.05) is 6.54 Å². The zero-order chi connectivity index (χ0) is 12.4. The number of hydrogen-bond acceptors (Lipinski definition) is 5. The van der Waals surface area contributed by atoms with E-state index in [4.69, 9.17) is 10.3 Å². The molecular formula is C11H12BrN3O2. The van der Waals surface area contributed by atoms with Gasteiger partial charge >= 0.3 is 0 Å². The number of rotatable bonds is 3. The van der Waals surface area contributed by atoms with Gasteiger partial charge in [0.2, 0.25) is 5.82 Å². The van der Waals surface area contributed by atoms with Crippen molar-refractivity contribution >= 4 is 15.9 Å². The van der Waals surface area contributed by atoms with Gasteiger partial charge in [-0.3, -0.25) is 0 Å². The topological polar surface area (TPSA) is 85.2 Å². The van der Waals surface area contributed by atoms with Gasteiger partial charge in [0.05, 0.1) is 0 Å². The largest absolute Gasteiger partial charge is 0.382 e. The van der Waals surface area contributed by atoms with E-state index >= 15 is 0 Å². The number of halogens is 1. The first-order valence-corrected chi connectivity index (χ1v) is 5.89. The molecule has 1 atom stereocenters. The molecule has 0 amide bonds. The molecule has 0 saturated carbocycles. The molecular weight excluding hydrogens is 286 g/mol. The molecule has 1 heterocycles. The first-order chi connectivity index (χ1) is 8.11. The van der Waals surface area contributed by atoms with E-state index in [-0.39, 0.29) is 12.4 Å². The smallest absolute Gasteiger partial charge is 0.257 e. The fourth-order valence-corrected chi connectivity index (χ4v) is 2.05. The van der Waals surface area contributed by atoms with Crippen LogP contribution < -0.4 is 5.73 Å². The number of nitrogens with two attached hydrogens (primary N) is 1. The molecule has 0 fully saturated rings. The van der Waals surface area contributed by atoms with Gasteiger partial charge in [-0.05, 0) is 24.6 Å². The van der Waals surface area contributed by atoms with Gasteiger partial charge in [0.15, 0.2) is 0 Å². The van der Waals surface area contributed by atoms with Gasteiger partial charge in [-0.25, -0.2) is 0 Å². The lowest BCUT2D eigenvalue weighted by Gasteiger charge is -2.00. The second kappa shape index (κ2) is 4.95. The summed E-state index contributed by atoms with van der Waals surface area (Å²) < 4.78 is 5.83. The van der Waals surface area contributed by atoms with Crippen LogP contribution in [0.1, 0.15) is 17.6 Å². The van der Waals surface area contributed by atoms with Crippen LogP contribution in [0.4, 0.5) is 0 Å². The van der Waals surface area contributed by atoms with Crippen LogP contribution >= 0.6 is 15.9 Å². The molecule has 0 radical (unpaired) electrons. The minimum absolute atomic E-state index is 0.0523. The molecule has 6 heteroatoms. The van der Waals surface area contributed by atoms with Crippen LogP contribution in [0.25, 0.3) is 11.4 Å². The maximum Gasteiger partial charge on any atom is 0.257 e. The number of aliphatic hydroxyl groups excluding tert-OH is 1. The van der Waals surface area contributed by atoms with Crippen molar-refractivity contribution in [2.24, 2.45) is 5.73 Å². The molecule has 2 aromatic rings. The zero-order valence-corrected chi connectivity index (χ0v) is 10.8. The van der Waals surface area contributed by atoms with Gasteiger partial charge in [-0.1, -0.05) is 27.2 Å². The summed E-state index contributed by atoms with van der Waals surface area (Å²) in [6.07, 6.45) is -0.916. The SMILES string of the molecule is Cc1ccc(-c2noc([C@@H](O)CN)n2)c(Br)c1. The van der Waals surface area contributed by atoms with Crippen molar-refractivity contribution in [2.45, 2.75) is 13.0 Å². The fraction of sp³-hybridized carbons (Fsp3) is 0.273. The Bertz CT molecular complexity index is 527. The maximum atomic E-state index is 9.47. The third-order valence-electron chi connectivity index (χ3n) is 2.32. The van der Waals surface area contributed by atoms with Crippen molar-refractivity contribution in [3.63, 3.8) is 0 Å². The second-order valence-electron chi connectivity index (χ2n) is 3.69. The lowest BCUT2D eigenvalue weighted by atomic mass is 10.1. The molecule has 0 spiro atoms. The highest BCUT2D eigenvalue weighted by Crippen LogP contribution is 2.27. The Morgan fingerprint density at radius 2 is 2.29 bits per heavy atom. The molecule has 0 unspecified atom stereocenters. The van der Waals surface area contributed by atoms with Gasteiger partial charge in [0.25, 0.3) is 5.89 Å². The monoisotopic (exact) mass is 297 g/mol. The van der Waals surface area contributed by atoms with Crippen LogP contribution in [0, 0.1) is 6.92 Å². The first-order valence-electron chi connectivity index (χ1n) is 5.10. The summed E-state index contributed by atoms with van der Waals surface area (Å²) in [7, 11) is 0. The molecule has 3 N–H and O–H groups in total. The summed E-state index contributed by atoms with van der Waals surface area (Å²) in [4.78, 5) is 4.10. The second-order valence-corrected chi connectivity index (χ2v) is 4.55. The number of benzene rings is 1. The molecule has 0 saturated heterocycles. The van der Waals surface area contributed by atoms with Crippen molar-refractivity contribution in [1.29, 1.82) is 0 Å². The zero-order valence-electron chi connectivity index (χ0n) is 9.22. The Morgan fingerprint density at radius 1 is 1.53 bits per heavy atom. The molecule has 0 bridgehead atoms. The van der Waals surface area contributed by atoms with Gasteiger partial charge in [-0.15, -0.1) is 0 Å². The number of aromatic nitrogens is 2. The highest BCUT2D eigenvalue weighted by atomic mass is 79.9. The van der Waals surface area contributed by atoms with E-state index in [2.05, 4.69) is 26.1 Å². The number of aryl methyl sites for hydroxylation is 1. The maximum absolute atomic E-state index is 9.47. The van der Waals surface area contributed by atoms with E-state index in [0.29, 0.717) is 5.82 Å². The third kappa shape index (κ3) is 2.54. The summed E-state index contributed by atoms with van der Waals surface area (Å²) in [5.41, 5.74) is 7.26. The molecule has 1 aromatic carbocycles. The Balaban J connectivity index is 2.37. The van der Waals surface area contributed by atoms with Crippen LogP contribution in [0.5, 0.6) is 0 Å². The molecule has 1 aromatic heterocycles. The van der Waals surface area contributed by atoms with Crippen LogP contribution in [-0.4, -0.2) is 21.8 Å². The third-order valence-corrected chi connectivity index (χ3v) is 2.97. The van der Waals surface area contributed by atoms with Crippen molar-refractivity contribution < 1.29 is 9.63 Å². The number of aliphatic hydroxyl groups is 1. The first kappa shape index (κ1) is 12.2. The summed E-state index contributed by atoms with van der Waals surface area (Å²) >= 11 is 3.44. The predicted molar refractivity (Wildman–Crippen MR) is 66.2 cm³/mol. The highest BCUT2D eigenvalue weighted by molar-refractivity contribution is 9.10. The van der Waals surface area contributed by atoms with Crippen LogP contribution in [0.3, 0.4) is 0 Å². The van der Waals surface area contributed by atoms with Crippen LogP contribution in [0.15, 0.2) is 27.2 Å². The highest BCUT2D eigenvalue weighted by Gasteiger charge is 2.16. The molecule has 2 rings (SSSR count). The quantitative estimate of drug-likeness (QED) is 0.902. The van der Waals surface area contributed by atoms with Gasteiger partial charge in [0, 0.05) is 16.6 Å². The summed E-state index contributed by atoms with van der Waals surface area (Å²) in [6.45, 7) is 2.05. The minimum Gasteiger partial charge on any atom is -0.382 e. The minimum atomic E-state index is -0.916. The van der Waals surface area contributed by atoms with Crippen molar-refractivity contribution in [3.8, 4) is 11.4 Å². The Kier molecular flexibility index (Phi) is 3.56. The molecule has 0 aliphatic rings. The lowest BCUT2D eigenvalue weighted by Crippen LogP contribution is -2.11. The standard InChI is InChI=1S/C11H12BrN3O2/c1-6-2-3-7(8(12)4-6)10-14-11(17-15-10)9(16)5-13/h2-4,9,16H,5,13H2,1H3/t9-/m0/s1. The predicted octanol–water partition coefficient (Wildman–Crippen LogP) is 1.80. The summed E-state index contributed by atoms with van der Waals surface area (Å²) in [5.74, 6) is 0.564. The fourth-order valence-electron chi connectivity index (χ4n) is 1.38. The van der Waals surface area contributed by atoms with E-state index in [0.717, 1.165) is 15.6 Å². The van der Waals surface area contributed by atoms with E-state index in [1.54, 1.807) is 0 Å². The average Bonchev–Trinajstić information content (AvgIpc) is 2.77. The van der Waals surface area contributed by atoms with Crippen molar-refractivity contribution in [3.05, 3.63) is 34.1 Å². The Hall–Kier alpha value is -1.24.